The summed E-state index contributed by atoms with van der Waals surface area (Å²) in [5.41, 5.74) is 8.22. The fourth-order valence-electron chi connectivity index (χ4n) is 2.78. The van der Waals surface area contributed by atoms with Crippen molar-refractivity contribution in [3.8, 4) is 0 Å². The normalized spacial score (nSPS) is 22.9. The first-order valence-electron chi connectivity index (χ1n) is 5.92. The van der Waals surface area contributed by atoms with Crippen molar-refractivity contribution in [1.82, 2.24) is 4.98 Å². The van der Waals surface area contributed by atoms with Crippen LogP contribution in [-0.4, -0.2) is 18.7 Å². The Morgan fingerprint density at radius 1 is 1.50 bits per heavy atom. The lowest BCUT2D eigenvalue weighted by Crippen LogP contribution is -2.44. The second-order valence-corrected chi connectivity index (χ2v) is 5.29. The fraction of sp³-hybridized carbons (Fsp3) is 0.308. The molecule has 3 rings (SSSR count). The van der Waals surface area contributed by atoms with Gasteiger partial charge in [-0.25, -0.2) is 0 Å². The number of benzene rings is 1. The predicted octanol–water partition coefficient (Wildman–Crippen LogP) is 2.01. The molecule has 1 aromatic heterocycles. The standard InChI is InChI=1S/C13H12BClN2O/c14-13(12(16)18)5-1-2-8-9-6-7(15)3-4-10(9)17-11(8)13/h3-4,6,17H,1-2,5H2,(H2,16,18). The second kappa shape index (κ2) is 3.79. The van der Waals surface area contributed by atoms with E-state index in [1.54, 1.807) is 0 Å². The van der Waals surface area contributed by atoms with Crippen molar-refractivity contribution in [2.75, 3.05) is 0 Å². The highest BCUT2D eigenvalue weighted by atomic mass is 35.5. The van der Waals surface area contributed by atoms with E-state index in [1.165, 1.54) is 0 Å². The average Bonchev–Trinajstić information content (AvgIpc) is 2.69. The first kappa shape index (κ1) is 11.7. The Kier molecular flexibility index (Phi) is 2.45. The summed E-state index contributed by atoms with van der Waals surface area (Å²) in [6.45, 7) is 0. The molecular formula is C13H12BClN2O. The van der Waals surface area contributed by atoms with Crippen LogP contribution in [0.3, 0.4) is 0 Å². The van der Waals surface area contributed by atoms with Gasteiger partial charge >= 0.3 is 0 Å². The molecule has 0 bridgehead atoms. The van der Waals surface area contributed by atoms with Gasteiger partial charge in [0.25, 0.3) is 0 Å². The number of nitrogens with one attached hydrogen (secondary N) is 1. The average molecular weight is 259 g/mol. The minimum atomic E-state index is -1.08. The van der Waals surface area contributed by atoms with Crippen LogP contribution in [0.15, 0.2) is 18.2 Å². The van der Waals surface area contributed by atoms with Crippen LogP contribution in [0.4, 0.5) is 0 Å². The van der Waals surface area contributed by atoms with E-state index >= 15 is 0 Å². The summed E-state index contributed by atoms with van der Waals surface area (Å²) in [5, 5.41) is 0.629. The lowest BCUT2D eigenvalue weighted by atomic mass is 9.59. The summed E-state index contributed by atoms with van der Waals surface area (Å²) in [7, 11) is 6.18. The molecule has 5 heteroatoms. The zero-order valence-electron chi connectivity index (χ0n) is 9.79. The molecule has 1 heterocycles. The first-order valence-corrected chi connectivity index (χ1v) is 6.29. The number of carbonyl (C=O) groups excluding carboxylic acids is 1. The fourth-order valence-corrected chi connectivity index (χ4v) is 2.95. The topological polar surface area (TPSA) is 58.9 Å². The molecule has 2 radical (unpaired) electrons. The number of H-pyrrole nitrogens is 1. The summed E-state index contributed by atoms with van der Waals surface area (Å²) >= 11 is 6.01. The van der Waals surface area contributed by atoms with E-state index in [2.05, 4.69) is 4.98 Å². The summed E-state index contributed by atoms with van der Waals surface area (Å²) in [6, 6.07) is 5.62. The highest BCUT2D eigenvalue weighted by Crippen LogP contribution is 2.39. The summed E-state index contributed by atoms with van der Waals surface area (Å²) < 4.78 is 0. The van der Waals surface area contributed by atoms with E-state index < -0.39 is 11.2 Å². The maximum absolute atomic E-state index is 11.6. The lowest BCUT2D eigenvalue weighted by molar-refractivity contribution is -0.121. The van der Waals surface area contributed by atoms with Crippen molar-refractivity contribution in [1.29, 1.82) is 0 Å². The first-order chi connectivity index (χ1) is 8.52. The van der Waals surface area contributed by atoms with E-state index in [0.29, 0.717) is 11.4 Å². The third-order valence-corrected chi connectivity index (χ3v) is 3.99. The molecule has 1 aromatic carbocycles. The van der Waals surface area contributed by atoms with Crippen LogP contribution >= 0.6 is 11.6 Å². The molecule has 90 valence electrons. The number of amides is 1. The Balaban J connectivity index is 2.31. The SMILES string of the molecule is [B]C1(C(N)=O)CCCc2c1[nH]c1ccc(Cl)cc21. The van der Waals surface area contributed by atoms with Crippen molar-refractivity contribution < 1.29 is 4.79 Å². The lowest BCUT2D eigenvalue weighted by Gasteiger charge is -2.31. The zero-order chi connectivity index (χ0) is 12.9. The Morgan fingerprint density at radius 2 is 2.28 bits per heavy atom. The monoisotopic (exact) mass is 258 g/mol. The minimum absolute atomic E-state index is 0.485. The number of hydrogen-bond donors (Lipinski definition) is 2. The van der Waals surface area contributed by atoms with Crippen LogP contribution in [-0.2, 0) is 16.5 Å². The van der Waals surface area contributed by atoms with Gasteiger partial charge in [0.05, 0.1) is 7.85 Å². The van der Waals surface area contributed by atoms with Crippen molar-refractivity contribution in [2.45, 2.75) is 24.6 Å². The third kappa shape index (κ3) is 1.48. The minimum Gasteiger partial charge on any atom is -0.370 e. The van der Waals surface area contributed by atoms with Crippen molar-refractivity contribution in [3.05, 3.63) is 34.5 Å². The molecule has 1 amide bonds. The van der Waals surface area contributed by atoms with E-state index in [1.807, 2.05) is 18.2 Å². The maximum Gasteiger partial charge on any atom is 0.220 e. The second-order valence-electron chi connectivity index (χ2n) is 4.86. The molecule has 0 saturated carbocycles. The molecule has 1 aliphatic rings. The Bertz CT molecular complexity index is 652. The molecule has 1 aliphatic carbocycles. The largest absolute Gasteiger partial charge is 0.370 e. The number of hydrogen-bond acceptors (Lipinski definition) is 1. The van der Waals surface area contributed by atoms with Crippen LogP contribution in [0.5, 0.6) is 0 Å². The maximum atomic E-state index is 11.6. The van der Waals surface area contributed by atoms with Crippen molar-refractivity contribution in [2.24, 2.45) is 5.73 Å². The van der Waals surface area contributed by atoms with Gasteiger partial charge < -0.3 is 10.7 Å². The number of primary amides is 1. The quantitative estimate of drug-likeness (QED) is 0.755. The van der Waals surface area contributed by atoms with Gasteiger partial charge in [-0.15, -0.1) is 0 Å². The molecule has 0 spiro atoms. The molecule has 18 heavy (non-hydrogen) atoms. The number of aryl methyl sites for hydroxylation is 1. The van der Waals surface area contributed by atoms with Gasteiger partial charge in [-0.1, -0.05) is 11.6 Å². The van der Waals surface area contributed by atoms with Gasteiger partial charge in [-0.05, 0) is 43.0 Å². The van der Waals surface area contributed by atoms with Crippen LogP contribution in [0.2, 0.25) is 5.02 Å². The number of rotatable bonds is 1. The van der Waals surface area contributed by atoms with Gasteiger partial charge in [0.1, 0.15) is 0 Å². The molecule has 0 aliphatic heterocycles. The number of carbonyl (C=O) groups is 1. The van der Waals surface area contributed by atoms with Crippen LogP contribution in [0, 0.1) is 0 Å². The Morgan fingerprint density at radius 3 is 3.00 bits per heavy atom. The molecule has 1 unspecified atom stereocenters. The van der Waals surface area contributed by atoms with Gasteiger partial charge in [-0.2, -0.15) is 0 Å². The van der Waals surface area contributed by atoms with Crippen molar-refractivity contribution >= 4 is 36.3 Å². The highest BCUT2D eigenvalue weighted by molar-refractivity contribution is 6.31. The van der Waals surface area contributed by atoms with Gasteiger partial charge in [0.15, 0.2) is 0 Å². The van der Waals surface area contributed by atoms with Gasteiger partial charge in [-0.3, -0.25) is 4.79 Å². The van der Waals surface area contributed by atoms with E-state index in [4.69, 9.17) is 25.2 Å². The van der Waals surface area contributed by atoms with Crippen molar-refractivity contribution in [3.63, 3.8) is 0 Å². The van der Waals surface area contributed by atoms with E-state index in [0.717, 1.165) is 35.0 Å². The zero-order valence-corrected chi connectivity index (χ0v) is 10.6. The van der Waals surface area contributed by atoms with Crippen LogP contribution in [0.25, 0.3) is 10.9 Å². The number of nitrogens with two attached hydrogens (primary N) is 1. The molecular weight excluding hydrogens is 246 g/mol. The molecule has 2 aromatic rings. The molecule has 1 atom stereocenters. The predicted molar refractivity (Wildman–Crippen MR) is 72.9 cm³/mol. The smallest absolute Gasteiger partial charge is 0.220 e. The summed E-state index contributed by atoms with van der Waals surface area (Å²) in [5.74, 6) is -0.485. The molecule has 0 saturated heterocycles. The van der Waals surface area contributed by atoms with Crippen LogP contribution in [0.1, 0.15) is 24.1 Å². The Labute approximate surface area is 111 Å². The van der Waals surface area contributed by atoms with E-state index in [-0.39, 0.29) is 0 Å². The Hall–Kier alpha value is -1.42. The number of aromatic nitrogens is 1. The summed E-state index contributed by atoms with van der Waals surface area (Å²) in [6.07, 6.45) is 2.32. The van der Waals surface area contributed by atoms with Crippen LogP contribution < -0.4 is 5.73 Å². The number of halogens is 1. The number of fused-ring (bicyclic) bond motifs is 3. The molecule has 3 nitrogen and oxygen atoms in total. The number of aromatic amines is 1. The summed E-state index contributed by atoms with van der Waals surface area (Å²) in [4.78, 5) is 14.9. The molecule has 0 fully saturated rings. The molecule has 3 N–H and O–H groups in total. The highest BCUT2D eigenvalue weighted by Gasteiger charge is 2.38. The van der Waals surface area contributed by atoms with Gasteiger partial charge in [0, 0.05) is 26.9 Å². The third-order valence-electron chi connectivity index (χ3n) is 3.75. The van der Waals surface area contributed by atoms with E-state index in [9.17, 15) is 4.79 Å². The van der Waals surface area contributed by atoms with Gasteiger partial charge in [0.2, 0.25) is 5.91 Å².